The Balaban J connectivity index is 1.40. The maximum Gasteiger partial charge on any atom is 0.255 e. The minimum Gasteiger partial charge on any atom is -0.368 e. The van der Waals surface area contributed by atoms with Crippen molar-refractivity contribution in [3.05, 3.63) is 70.5 Å². The number of benzene rings is 2. The van der Waals surface area contributed by atoms with E-state index >= 15 is 0 Å². The number of nitrogens with one attached hydrogen (secondary N) is 1. The first-order chi connectivity index (χ1) is 16.8. The van der Waals surface area contributed by atoms with Gasteiger partial charge in [0.25, 0.3) is 5.91 Å². The molecule has 1 aliphatic heterocycles. The molecule has 3 atom stereocenters. The van der Waals surface area contributed by atoms with Gasteiger partial charge in [-0.3, -0.25) is 19.3 Å². The van der Waals surface area contributed by atoms with Gasteiger partial charge in [-0.05, 0) is 36.6 Å². The number of piperazine rings is 1. The summed E-state index contributed by atoms with van der Waals surface area (Å²) in [7, 11) is 0. The highest BCUT2D eigenvalue weighted by atomic mass is 35.5. The number of hydrogen-bond acceptors (Lipinski definition) is 4. The van der Waals surface area contributed by atoms with Gasteiger partial charge in [-0.2, -0.15) is 0 Å². The van der Waals surface area contributed by atoms with Crippen molar-refractivity contribution >= 4 is 29.3 Å². The topological polar surface area (TPSA) is 95.7 Å². The number of carbonyl (C=O) groups is 3. The highest BCUT2D eigenvalue weighted by Crippen LogP contribution is 2.31. The molecule has 3 amide bonds. The molecule has 2 fully saturated rings. The summed E-state index contributed by atoms with van der Waals surface area (Å²) in [5.74, 6) is -1.73. The van der Waals surface area contributed by atoms with Crippen LogP contribution in [0.5, 0.6) is 0 Å². The number of hydrogen-bond donors (Lipinski definition) is 2. The summed E-state index contributed by atoms with van der Waals surface area (Å²) < 4.78 is 13.4. The van der Waals surface area contributed by atoms with E-state index in [1.165, 1.54) is 12.1 Å². The summed E-state index contributed by atoms with van der Waals surface area (Å²) in [6.07, 6.45) is 3.59. The van der Waals surface area contributed by atoms with Crippen LogP contribution in [0.4, 0.5) is 4.39 Å². The van der Waals surface area contributed by atoms with Crippen LogP contribution in [-0.4, -0.2) is 59.7 Å². The lowest BCUT2D eigenvalue weighted by atomic mass is 9.82. The molecule has 9 heteroatoms. The first kappa shape index (κ1) is 25.1. The minimum absolute atomic E-state index is 0.0275. The molecule has 186 valence electrons. The lowest BCUT2D eigenvalue weighted by Crippen LogP contribution is -2.56. The summed E-state index contributed by atoms with van der Waals surface area (Å²) >= 11 is 6.08. The van der Waals surface area contributed by atoms with Crippen molar-refractivity contribution in [2.45, 2.75) is 37.8 Å². The molecule has 3 N–H and O–H groups in total. The number of rotatable bonds is 6. The van der Waals surface area contributed by atoms with E-state index in [0.717, 1.165) is 31.7 Å². The average molecular weight is 501 g/mol. The van der Waals surface area contributed by atoms with Crippen LogP contribution in [-0.2, 0) is 9.59 Å². The second-order valence-electron chi connectivity index (χ2n) is 9.17. The van der Waals surface area contributed by atoms with Crippen LogP contribution in [0.25, 0.3) is 0 Å². The van der Waals surface area contributed by atoms with Crippen LogP contribution in [0.2, 0.25) is 5.02 Å². The number of nitrogens with two attached hydrogens (primary N) is 1. The summed E-state index contributed by atoms with van der Waals surface area (Å²) in [6.45, 7) is 2.23. The molecule has 1 heterocycles. The number of nitrogens with zero attached hydrogens (tertiary/aromatic N) is 2. The van der Waals surface area contributed by atoms with Gasteiger partial charge in [-0.25, -0.2) is 4.39 Å². The summed E-state index contributed by atoms with van der Waals surface area (Å²) in [5.41, 5.74) is 6.55. The predicted molar refractivity (Wildman–Crippen MR) is 131 cm³/mol. The lowest BCUT2D eigenvalue weighted by Gasteiger charge is -2.44. The normalized spacial score (nSPS) is 21.8. The lowest BCUT2D eigenvalue weighted by molar-refractivity contribution is -0.133. The Bertz CT molecular complexity index is 1080. The van der Waals surface area contributed by atoms with Gasteiger partial charge in [-0.1, -0.05) is 54.8 Å². The van der Waals surface area contributed by atoms with Gasteiger partial charge < -0.3 is 16.0 Å². The molecular weight excluding hydrogens is 471 g/mol. The van der Waals surface area contributed by atoms with E-state index in [1.807, 2.05) is 6.07 Å². The molecule has 7 nitrogen and oxygen atoms in total. The minimum atomic E-state index is -0.874. The maximum atomic E-state index is 13.4. The van der Waals surface area contributed by atoms with Crippen molar-refractivity contribution in [3.8, 4) is 0 Å². The van der Waals surface area contributed by atoms with Crippen molar-refractivity contribution < 1.29 is 18.8 Å². The van der Waals surface area contributed by atoms with E-state index in [9.17, 15) is 18.8 Å². The SMILES string of the molecule is NC(=O)[C@@H](NC(=O)[C@@H]1CCCC[C@H]1N1CCN(C(=O)c2ccc(F)cc2Cl)CC1)c1ccccc1. The zero-order chi connectivity index (χ0) is 24.9. The van der Waals surface area contributed by atoms with Crippen molar-refractivity contribution in [2.24, 2.45) is 11.7 Å². The zero-order valence-electron chi connectivity index (χ0n) is 19.5. The molecule has 1 saturated carbocycles. The zero-order valence-corrected chi connectivity index (χ0v) is 20.2. The number of amides is 3. The molecule has 0 radical (unpaired) electrons. The Hall–Kier alpha value is -2.97. The third-order valence-corrected chi connectivity index (χ3v) is 7.32. The van der Waals surface area contributed by atoms with Gasteiger partial charge in [0.2, 0.25) is 11.8 Å². The molecule has 35 heavy (non-hydrogen) atoms. The Morgan fingerprint density at radius 2 is 1.69 bits per heavy atom. The van der Waals surface area contributed by atoms with E-state index in [4.69, 9.17) is 17.3 Å². The predicted octanol–water partition coefficient (Wildman–Crippen LogP) is 3.14. The van der Waals surface area contributed by atoms with Gasteiger partial charge >= 0.3 is 0 Å². The van der Waals surface area contributed by atoms with Crippen molar-refractivity contribution in [1.82, 2.24) is 15.1 Å². The van der Waals surface area contributed by atoms with E-state index in [1.54, 1.807) is 29.2 Å². The van der Waals surface area contributed by atoms with Crippen LogP contribution in [0.1, 0.15) is 47.6 Å². The fourth-order valence-electron chi connectivity index (χ4n) is 5.16. The smallest absolute Gasteiger partial charge is 0.255 e. The summed E-state index contributed by atoms with van der Waals surface area (Å²) in [4.78, 5) is 42.3. The average Bonchev–Trinajstić information content (AvgIpc) is 2.87. The Morgan fingerprint density at radius 3 is 2.34 bits per heavy atom. The van der Waals surface area contributed by atoms with Gasteiger partial charge in [0.1, 0.15) is 11.9 Å². The molecule has 0 bridgehead atoms. The summed E-state index contributed by atoms with van der Waals surface area (Å²) in [6, 6.07) is 11.9. The van der Waals surface area contributed by atoms with Crippen molar-refractivity contribution in [2.75, 3.05) is 26.2 Å². The third-order valence-electron chi connectivity index (χ3n) is 7.00. The number of carbonyl (C=O) groups excluding carboxylic acids is 3. The quantitative estimate of drug-likeness (QED) is 0.637. The fourth-order valence-corrected chi connectivity index (χ4v) is 5.41. The van der Waals surface area contributed by atoms with Crippen molar-refractivity contribution in [1.29, 1.82) is 0 Å². The number of primary amides is 1. The Kier molecular flexibility index (Phi) is 8.03. The molecule has 2 aliphatic rings. The molecule has 1 saturated heterocycles. The highest BCUT2D eigenvalue weighted by molar-refractivity contribution is 6.33. The Labute approximate surface area is 209 Å². The molecule has 1 aliphatic carbocycles. The number of halogens is 2. The van der Waals surface area contributed by atoms with Crippen LogP contribution in [0.15, 0.2) is 48.5 Å². The summed E-state index contributed by atoms with van der Waals surface area (Å²) in [5, 5.41) is 2.98. The van der Waals surface area contributed by atoms with Crippen LogP contribution < -0.4 is 11.1 Å². The highest BCUT2D eigenvalue weighted by Gasteiger charge is 2.38. The second kappa shape index (κ2) is 11.2. The van der Waals surface area contributed by atoms with E-state index in [0.29, 0.717) is 31.7 Å². The monoisotopic (exact) mass is 500 g/mol. The molecule has 2 aromatic carbocycles. The van der Waals surface area contributed by atoms with Gasteiger partial charge in [0, 0.05) is 32.2 Å². The van der Waals surface area contributed by atoms with Gasteiger partial charge in [0.05, 0.1) is 16.5 Å². The molecule has 2 aromatic rings. The van der Waals surface area contributed by atoms with Crippen LogP contribution in [0.3, 0.4) is 0 Å². The standard InChI is InChI=1S/C26H30ClFN4O3/c27-21-16-18(28)10-11-19(21)26(35)32-14-12-31(13-15-32)22-9-5-4-8-20(22)25(34)30-23(24(29)33)17-6-2-1-3-7-17/h1-3,6-7,10-11,16,20,22-23H,4-5,8-9,12-15H2,(H2,29,33)(H,30,34)/t20-,22-,23+/m1/s1. The molecule has 0 spiro atoms. The van der Waals surface area contributed by atoms with E-state index in [-0.39, 0.29) is 34.4 Å². The molecule has 4 rings (SSSR count). The molecule has 0 unspecified atom stereocenters. The van der Waals surface area contributed by atoms with E-state index < -0.39 is 17.8 Å². The molecular formula is C26H30ClFN4O3. The Morgan fingerprint density at radius 1 is 1.00 bits per heavy atom. The molecule has 0 aromatic heterocycles. The van der Waals surface area contributed by atoms with Gasteiger partial charge in [-0.15, -0.1) is 0 Å². The largest absolute Gasteiger partial charge is 0.368 e. The van der Waals surface area contributed by atoms with Gasteiger partial charge in [0.15, 0.2) is 0 Å². The first-order valence-electron chi connectivity index (χ1n) is 12.0. The fraction of sp³-hybridized carbons (Fsp3) is 0.423. The van der Waals surface area contributed by atoms with E-state index in [2.05, 4.69) is 10.2 Å². The van der Waals surface area contributed by atoms with Crippen LogP contribution >= 0.6 is 11.6 Å². The second-order valence-corrected chi connectivity index (χ2v) is 9.57. The van der Waals surface area contributed by atoms with Crippen LogP contribution in [0, 0.1) is 11.7 Å². The third kappa shape index (κ3) is 5.82. The first-order valence-corrected chi connectivity index (χ1v) is 12.4. The maximum absolute atomic E-state index is 13.4. The van der Waals surface area contributed by atoms with Crippen molar-refractivity contribution in [3.63, 3.8) is 0 Å².